The first-order valence-electron chi connectivity index (χ1n) is 8.33. The molecule has 0 aliphatic rings. The van der Waals surface area contributed by atoms with E-state index in [1.807, 2.05) is 19.1 Å². The van der Waals surface area contributed by atoms with Crippen molar-refractivity contribution in [1.82, 2.24) is 15.0 Å². The third-order valence-corrected chi connectivity index (χ3v) is 3.88. The summed E-state index contributed by atoms with van der Waals surface area (Å²) in [5.41, 5.74) is 1.97. The molecule has 5 nitrogen and oxygen atoms in total. The Labute approximate surface area is 150 Å². The Kier molecular flexibility index (Phi) is 5.36. The number of rotatable bonds is 6. The molecule has 0 aliphatic heterocycles. The number of halogens is 2. The standard InChI is InChI=1S/C19H19F2N5/c1-3-12(2)23-19-25-17(13-6-8-22-9-7-13)11-18(26-19)24-14-4-5-15(20)16(21)10-14/h4-12H,3H2,1-2H3,(H2,23,24,25,26)/t12-/m1/s1. The second-order valence-electron chi connectivity index (χ2n) is 5.91. The highest BCUT2D eigenvalue weighted by atomic mass is 19.2. The second kappa shape index (κ2) is 7.86. The van der Waals surface area contributed by atoms with Crippen LogP contribution in [0.15, 0.2) is 48.8 Å². The van der Waals surface area contributed by atoms with Gasteiger partial charge < -0.3 is 10.6 Å². The van der Waals surface area contributed by atoms with Gasteiger partial charge in [-0.15, -0.1) is 0 Å². The van der Waals surface area contributed by atoms with E-state index in [0.29, 0.717) is 23.1 Å². The van der Waals surface area contributed by atoms with E-state index >= 15 is 0 Å². The first kappa shape index (κ1) is 17.7. The summed E-state index contributed by atoms with van der Waals surface area (Å²) in [5, 5.41) is 6.24. The lowest BCUT2D eigenvalue weighted by molar-refractivity contribution is 0.509. The molecule has 26 heavy (non-hydrogen) atoms. The van der Waals surface area contributed by atoms with E-state index in [9.17, 15) is 8.78 Å². The maximum atomic E-state index is 13.5. The van der Waals surface area contributed by atoms with Crippen LogP contribution in [0.5, 0.6) is 0 Å². The minimum absolute atomic E-state index is 0.193. The third kappa shape index (κ3) is 4.30. The van der Waals surface area contributed by atoms with Gasteiger partial charge in [0.25, 0.3) is 0 Å². The van der Waals surface area contributed by atoms with Crippen LogP contribution in [0, 0.1) is 11.6 Å². The maximum Gasteiger partial charge on any atom is 0.225 e. The lowest BCUT2D eigenvalue weighted by Gasteiger charge is -2.14. The molecule has 0 amide bonds. The van der Waals surface area contributed by atoms with Crippen LogP contribution >= 0.6 is 0 Å². The minimum Gasteiger partial charge on any atom is -0.352 e. The highest BCUT2D eigenvalue weighted by molar-refractivity contribution is 5.67. The molecule has 0 spiro atoms. The van der Waals surface area contributed by atoms with E-state index in [2.05, 4.69) is 32.5 Å². The van der Waals surface area contributed by atoms with Gasteiger partial charge in [0.15, 0.2) is 11.6 Å². The van der Waals surface area contributed by atoms with Crippen molar-refractivity contribution in [2.45, 2.75) is 26.3 Å². The predicted molar refractivity (Wildman–Crippen MR) is 98.3 cm³/mol. The van der Waals surface area contributed by atoms with E-state index in [-0.39, 0.29) is 6.04 Å². The Balaban J connectivity index is 1.97. The highest BCUT2D eigenvalue weighted by Crippen LogP contribution is 2.24. The zero-order valence-electron chi connectivity index (χ0n) is 14.5. The van der Waals surface area contributed by atoms with E-state index < -0.39 is 11.6 Å². The highest BCUT2D eigenvalue weighted by Gasteiger charge is 2.10. The largest absolute Gasteiger partial charge is 0.352 e. The van der Waals surface area contributed by atoms with Crippen LogP contribution in [-0.2, 0) is 0 Å². The van der Waals surface area contributed by atoms with Crippen LogP contribution in [0.4, 0.5) is 26.2 Å². The van der Waals surface area contributed by atoms with Crippen LogP contribution < -0.4 is 10.6 Å². The summed E-state index contributed by atoms with van der Waals surface area (Å²) in [5.74, 6) is -0.881. The van der Waals surface area contributed by atoms with Crippen molar-refractivity contribution in [2.24, 2.45) is 0 Å². The number of aromatic nitrogens is 3. The lowest BCUT2D eigenvalue weighted by Crippen LogP contribution is -2.16. The van der Waals surface area contributed by atoms with Crippen LogP contribution in [0.2, 0.25) is 0 Å². The molecular formula is C19H19F2N5. The van der Waals surface area contributed by atoms with Crippen molar-refractivity contribution < 1.29 is 8.78 Å². The van der Waals surface area contributed by atoms with Gasteiger partial charge >= 0.3 is 0 Å². The zero-order valence-corrected chi connectivity index (χ0v) is 14.5. The predicted octanol–water partition coefficient (Wildman–Crippen LogP) is 4.77. The van der Waals surface area contributed by atoms with Crippen LogP contribution in [-0.4, -0.2) is 21.0 Å². The van der Waals surface area contributed by atoms with Gasteiger partial charge in [-0.1, -0.05) is 6.92 Å². The first-order valence-corrected chi connectivity index (χ1v) is 8.33. The fraction of sp³-hybridized carbons (Fsp3) is 0.211. The van der Waals surface area contributed by atoms with Gasteiger partial charge in [-0.05, 0) is 37.6 Å². The molecule has 0 radical (unpaired) electrons. The molecule has 2 heterocycles. The molecule has 1 atom stereocenters. The quantitative estimate of drug-likeness (QED) is 0.667. The van der Waals surface area contributed by atoms with Gasteiger partial charge in [0, 0.05) is 41.8 Å². The summed E-state index contributed by atoms with van der Waals surface area (Å²) in [7, 11) is 0. The lowest BCUT2D eigenvalue weighted by atomic mass is 10.2. The number of hydrogen-bond acceptors (Lipinski definition) is 5. The van der Waals surface area contributed by atoms with Crippen molar-refractivity contribution in [3.05, 3.63) is 60.4 Å². The van der Waals surface area contributed by atoms with Gasteiger partial charge in [0.05, 0.1) is 5.69 Å². The molecule has 0 saturated carbocycles. The van der Waals surface area contributed by atoms with Crippen LogP contribution in [0.1, 0.15) is 20.3 Å². The Morgan fingerprint density at radius 2 is 1.77 bits per heavy atom. The topological polar surface area (TPSA) is 62.7 Å². The molecule has 1 aromatic carbocycles. The Bertz CT molecular complexity index is 886. The fourth-order valence-electron chi connectivity index (χ4n) is 2.29. The average molecular weight is 355 g/mol. The minimum atomic E-state index is -0.920. The van der Waals surface area contributed by atoms with Gasteiger partial charge in [-0.25, -0.2) is 13.8 Å². The molecule has 3 aromatic rings. The molecule has 7 heteroatoms. The molecule has 134 valence electrons. The first-order chi connectivity index (χ1) is 12.5. The number of pyridine rings is 1. The SMILES string of the molecule is CC[C@@H](C)Nc1nc(Nc2ccc(F)c(F)c2)cc(-c2ccncc2)n1. The Morgan fingerprint density at radius 3 is 2.46 bits per heavy atom. The van der Waals surface area contributed by atoms with Crippen molar-refractivity contribution in [2.75, 3.05) is 10.6 Å². The maximum absolute atomic E-state index is 13.5. The molecule has 0 bridgehead atoms. The van der Waals surface area contributed by atoms with Gasteiger partial charge in [0.1, 0.15) is 5.82 Å². The number of hydrogen-bond donors (Lipinski definition) is 2. The van der Waals surface area contributed by atoms with E-state index in [4.69, 9.17) is 0 Å². The Hall–Kier alpha value is -3.09. The van der Waals surface area contributed by atoms with Crippen molar-refractivity contribution in [3.8, 4) is 11.3 Å². The molecule has 0 fully saturated rings. The summed E-state index contributed by atoms with van der Waals surface area (Å²) >= 11 is 0. The zero-order chi connectivity index (χ0) is 18.5. The summed E-state index contributed by atoms with van der Waals surface area (Å²) in [6.45, 7) is 4.09. The normalized spacial score (nSPS) is 11.8. The smallest absolute Gasteiger partial charge is 0.225 e. The number of nitrogens with zero attached hydrogens (tertiary/aromatic N) is 3. The summed E-state index contributed by atoms with van der Waals surface area (Å²) in [6.07, 6.45) is 4.28. The van der Waals surface area contributed by atoms with Crippen molar-refractivity contribution >= 4 is 17.5 Å². The Morgan fingerprint density at radius 1 is 1.00 bits per heavy atom. The molecule has 3 rings (SSSR count). The van der Waals surface area contributed by atoms with E-state index in [0.717, 1.165) is 24.1 Å². The van der Waals surface area contributed by atoms with E-state index in [1.54, 1.807) is 18.5 Å². The number of benzene rings is 1. The number of nitrogens with one attached hydrogen (secondary N) is 2. The molecule has 0 unspecified atom stereocenters. The molecule has 0 aliphatic carbocycles. The van der Waals surface area contributed by atoms with Crippen LogP contribution in [0.25, 0.3) is 11.3 Å². The summed E-state index contributed by atoms with van der Waals surface area (Å²) < 4.78 is 26.6. The van der Waals surface area contributed by atoms with Crippen molar-refractivity contribution in [3.63, 3.8) is 0 Å². The molecular weight excluding hydrogens is 336 g/mol. The molecule has 2 N–H and O–H groups in total. The van der Waals surface area contributed by atoms with Gasteiger partial charge in [-0.2, -0.15) is 4.98 Å². The number of anilines is 3. The summed E-state index contributed by atoms with van der Waals surface area (Å²) in [6, 6.07) is 9.24. The average Bonchev–Trinajstić information content (AvgIpc) is 2.65. The van der Waals surface area contributed by atoms with Crippen molar-refractivity contribution in [1.29, 1.82) is 0 Å². The monoisotopic (exact) mass is 355 g/mol. The summed E-state index contributed by atoms with van der Waals surface area (Å²) in [4.78, 5) is 13.0. The second-order valence-corrected chi connectivity index (χ2v) is 5.91. The molecule has 0 saturated heterocycles. The van der Waals surface area contributed by atoms with Gasteiger partial charge in [-0.3, -0.25) is 4.98 Å². The third-order valence-electron chi connectivity index (χ3n) is 3.88. The molecule has 2 aromatic heterocycles. The van der Waals surface area contributed by atoms with Crippen LogP contribution in [0.3, 0.4) is 0 Å². The fourth-order valence-corrected chi connectivity index (χ4v) is 2.29. The van der Waals surface area contributed by atoms with Gasteiger partial charge in [0.2, 0.25) is 5.95 Å². The van der Waals surface area contributed by atoms with E-state index in [1.165, 1.54) is 6.07 Å².